The summed E-state index contributed by atoms with van der Waals surface area (Å²) in [6.45, 7) is 2.24. The molecule has 2 heterocycles. The molecule has 0 spiro atoms. The number of Topliss-reactive ketones (excluding diaryl/α,β-unsaturated/α-hetero) is 1. The van der Waals surface area contributed by atoms with Crippen molar-refractivity contribution in [3.05, 3.63) is 45.5 Å². The molecule has 0 saturated heterocycles. The molecular weight excluding hydrogens is 326 g/mol. The van der Waals surface area contributed by atoms with Crippen molar-refractivity contribution in [2.45, 2.75) is 45.2 Å². The SMILES string of the molecule is CC[C@@H](CO)N(Cc1ccsc1)C(=O)c1coc2c1C(=O)CCC2. The summed E-state index contributed by atoms with van der Waals surface area (Å²) in [5, 5.41) is 13.6. The molecular formula is C18H21NO4S. The van der Waals surface area contributed by atoms with Crippen LogP contribution in [0.4, 0.5) is 0 Å². The molecule has 128 valence electrons. The van der Waals surface area contributed by atoms with E-state index >= 15 is 0 Å². The van der Waals surface area contributed by atoms with Gasteiger partial charge < -0.3 is 14.4 Å². The maximum absolute atomic E-state index is 13.1. The molecule has 6 heteroatoms. The second-order valence-electron chi connectivity index (χ2n) is 6.03. The molecule has 1 amide bonds. The van der Waals surface area contributed by atoms with Gasteiger partial charge in [-0.05, 0) is 35.2 Å². The van der Waals surface area contributed by atoms with Crippen LogP contribution < -0.4 is 0 Å². The van der Waals surface area contributed by atoms with Crippen LogP contribution in [-0.4, -0.2) is 34.3 Å². The fraction of sp³-hybridized carbons (Fsp3) is 0.444. The Kier molecular flexibility index (Phi) is 5.16. The second-order valence-corrected chi connectivity index (χ2v) is 6.81. The molecule has 0 saturated carbocycles. The van der Waals surface area contributed by atoms with Gasteiger partial charge in [-0.25, -0.2) is 0 Å². The zero-order chi connectivity index (χ0) is 17.1. The van der Waals surface area contributed by atoms with E-state index in [9.17, 15) is 14.7 Å². The van der Waals surface area contributed by atoms with Gasteiger partial charge in [-0.3, -0.25) is 9.59 Å². The third-order valence-corrected chi connectivity index (χ3v) is 5.23. The molecule has 5 nitrogen and oxygen atoms in total. The maximum atomic E-state index is 13.1. The number of hydrogen-bond acceptors (Lipinski definition) is 5. The molecule has 1 atom stereocenters. The average molecular weight is 347 g/mol. The molecule has 0 radical (unpaired) electrons. The summed E-state index contributed by atoms with van der Waals surface area (Å²) in [7, 11) is 0. The molecule has 0 aromatic carbocycles. The van der Waals surface area contributed by atoms with Crippen LogP contribution in [0.15, 0.2) is 27.5 Å². The summed E-state index contributed by atoms with van der Waals surface area (Å²) in [4.78, 5) is 27.0. The first kappa shape index (κ1) is 16.9. The zero-order valence-corrected chi connectivity index (χ0v) is 14.5. The summed E-state index contributed by atoms with van der Waals surface area (Å²) in [6.07, 6.45) is 3.95. The van der Waals surface area contributed by atoms with Crippen LogP contribution in [0, 0.1) is 0 Å². The van der Waals surface area contributed by atoms with E-state index in [1.807, 2.05) is 23.8 Å². The first-order chi connectivity index (χ1) is 11.7. The number of aliphatic hydroxyl groups is 1. The van der Waals surface area contributed by atoms with E-state index < -0.39 is 0 Å². The van der Waals surface area contributed by atoms with Crippen LogP contribution in [0.5, 0.6) is 0 Å². The fourth-order valence-electron chi connectivity index (χ4n) is 3.13. The largest absolute Gasteiger partial charge is 0.468 e. The van der Waals surface area contributed by atoms with E-state index in [1.54, 1.807) is 16.2 Å². The number of thiophene rings is 1. The van der Waals surface area contributed by atoms with Gasteiger partial charge in [0.05, 0.1) is 23.8 Å². The van der Waals surface area contributed by atoms with E-state index in [-0.39, 0.29) is 24.3 Å². The Morgan fingerprint density at radius 1 is 1.46 bits per heavy atom. The predicted octanol–water partition coefficient (Wildman–Crippen LogP) is 3.27. The van der Waals surface area contributed by atoms with Crippen molar-refractivity contribution in [2.75, 3.05) is 6.61 Å². The summed E-state index contributed by atoms with van der Waals surface area (Å²) < 4.78 is 5.48. The van der Waals surface area contributed by atoms with Crippen LogP contribution in [0.3, 0.4) is 0 Å². The Balaban J connectivity index is 1.94. The molecule has 0 bridgehead atoms. The minimum atomic E-state index is -0.290. The number of hydrogen-bond donors (Lipinski definition) is 1. The van der Waals surface area contributed by atoms with Crippen molar-refractivity contribution in [1.29, 1.82) is 0 Å². The normalized spacial score (nSPS) is 15.2. The highest BCUT2D eigenvalue weighted by molar-refractivity contribution is 7.07. The van der Waals surface area contributed by atoms with Crippen LogP contribution in [-0.2, 0) is 13.0 Å². The molecule has 0 fully saturated rings. The predicted molar refractivity (Wildman–Crippen MR) is 91.3 cm³/mol. The quantitative estimate of drug-likeness (QED) is 0.870. The first-order valence-electron chi connectivity index (χ1n) is 8.22. The summed E-state index contributed by atoms with van der Waals surface area (Å²) in [5.74, 6) is 0.338. The van der Waals surface area contributed by atoms with Gasteiger partial charge in [-0.15, -0.1) is 0 Å². The van der Waals surface area contributed by atoms with E-state index in [4.69, 9.17) is 4.42 Å². The summed E-state index contributed by atoms with van der Waals surface area (Å²) in [5.41, 5.74) is 1.79. The first-order valence-corrected chi connectivity index (χ1v) is 9.16. The summed E-state index contributed by atoms with van der Waals surface area (Å²) >= 11 is 1.57. The highest BCUT2D eigenvalue weighted by Crippen LogP contribution is 2.28. The topological polar surface area (TPSA) is 70.8 Å². The number of amides is 1. The fourth-order valence-corrected chi connectivity index (χ4v) is 3.79. The lowest BCUT2D eigenvalue weighted by Gasteiger charge is -2.30. The molecule has 2 aromatic heterocycles. The van der Waals surface area contributed by atoms with Gasteiger partial charge in [0.1, 0.15) is 12.0 Å². The van der Waals surface area contributed by atoms with Crippen molar-refractivity contribution in [3.8, 4) is 0 Å². The lowest BCUT2D eigenvalue weighted by Crippen LogP contribution is -2.42. The number of nitrogens with zero attached hydrogens (tertiary/aromatic N) is 1. The Labute approximate surface area is 144 Å². The Bertz CT molecular complexity index is 715. The number of furan rings is 1. The number of fused-ring (bicyclic) bond motifs is 1. The van der Waals surface area contributed by atoms with Gasteiger partial charge in [0, 0.05) is 19.4 Å². The lowest BCUT2D eigenvalue weighted by molar-refractivity contribution is 0.0560. The molecule has 24 heavy (non-hydrogen) atoms. The minimum absolute atomic E-state index is 0.0270. The number of ketones is 1. The highest BCUT2D eigenvalue weighted by Gasteiger charge is 2.32. The lowest BCUT2D eigenvalue weighted by atomic mass is 9.93. The molecule has 0 aliphatic heterocycles. The van der Waals surface area contributed by atoms with Gasteiger partial charge in [-0.1, -0.05) is 6.92 Å². The third kappa shape index (κ3) is 3.16. The molecule has 2 aromatic rings. The van der Waals surface area contributed by atoms with Crippen molar-refractivity contribution >= 4 is 23.0 Å². The van der Waals surface area contributed by atoms with Crippen molar-refractivity contribution in [1.82, 2.24) is 4.90 Å². The van der Waals surface area contributed by atoms with E-state index in [2.05, 4.69) is 0 Å². The minimum Gasteiger partial charge on any atom is -0.468 e. The van der Waals surface area contributed by atoms with Crippen molar-refractivity contribution in [3.63, 3.8) is 0 Å². The van der Waals surface area contributed by atoms with Gasteiger partial charge in [0.2, 0.25) is 0 Å². The van der Waals surface area contributed by atoms with Crippen molar-refractivity contribution in [2.24, 2.45) is 0 Å². The number of carbonyl (C=O) groups is 2. The van der Waals surface area contributed by atoms with Crippen LogP contribution in [0.25, 0.3) is 0 Å². The Morgan fingerprint density at radius 2 is 2.29 bits per heavy atom. The molecule has 1 aliphatic rings. The van der Waals surface area contributed by atoms with E-state index in [0.29, 0.717) is 42.7 Å². The molecule has 3 rings (SSSR count). The van der Waals surface area contributed by atoms with E-state index in [0.717, 1.165) is 12.0 Å². The van der Waals surface area contributed by atoms with Gasteiger partial charge >= 0.3 is 0 Å². The monoisotopic (exact) mass is 347 g/mol. The number of carbonyl (C=O) groups excluding carboxylic acids is 2. The standard InChI is InChI=1S/C18H21NO4S/c1-2-13(9-20)19(8-12-6-7-24-11-12)18(22)14-10-23-16-5-3-4-15(21)17(14)16/h6-7,10-11,13,20H,2-5,8-9H2,1H3/t13-/m0/s1. The van der Waals surface area contributed by atoms with Crippen LogP contribution in [0.1, 0.15) is 58.2 Å². The number of aliphatic hydroxyl groups excluding tert-OH is 1. The second kappa shape index (κ2) is 7.32. The molecule has 1 N–H and O–H groups in total. The molecule has 1 aliphatic carbocycles. The average Bonchev–Trinajstić information content (AvgIpc) is 3.24. The van der Waals surface area contributed by atoms with Gasteiger partial charge in [0.15, 0.2) is 5.78 Å². The summed E-state index contributed by atoms with van der Waals surface area (Å²) in [6, 6.07) is 1.67. The third-order valence-electron chi connectivity index (χ3n) is 4.50. The Morgan fingerprint density at radius 3 is 2.96 bits per heavy atom. The van der Waals surface area contributed by atoms with Crippen molar-refractivity contribution < 1.29 is 19.1 Å². The highest BCUT2D eigenvalue weighted by atomic mass is 32.1. The van der Waals surface area contributed by atoms with Gasteiger partial charge in [-0.2, -0.15) is 11.3 Å². The van der Waals surface area contributed by atoms with Crippen LogP contribution >= 0.6 is 11.3 Å². The zero-order valence-electron chi connectivity index (χ0n) is 13.7. The molecule has 0 unspecified atom stereocenters. The number of aryl methyl sites for hydroxylation is 1. The maximum Gasteiger partial charge on any atom is 0.258 e. The number of rotatable bonds is 6. The van der Waals surface area contributed by atoms with Gasteiger partial charge in [0.25, 0.3) is 5.91 Å². The van der Waals surface area contributed by atoms with Crippen LogP contribution in [0.2, 0.25) is 0 Å². The Hall–Kier alpha value is -1.92. The smallest absolute Gasteiger partial charge is 0.258 e. The van der Waals surface area contributed by atoms with E-state index in [1.165, 1.54) is 6.26 Å².